The number of aromatic nitrogens is 2. The number of aromatic amines is 2. The molecule has 1 atom stereocenters. The molecule has 4 rings (SSSR count). The van der Waals surface area contributed by atoms with Gasteiger partial charge in [-0.15, -0.1) is 0 Å². The molecule has 0 spiro atoms. The van der Waals surface area contributed by atoms with Gasteiger partial charge in [-0.2, -0.15) is 10.2 Å². The highest BCUT2D eigenvalue weighted by Crippen LogP contribution is 2.18. The highest BCUT2D eigenvalue weighted by molar-refractivity contribution is 6.10. The first-order chi connectivity index (χ1) is 21.7. The summed E-state index contributed by atoms with van der Waals surface area (Å²) in [5, 5.41) is 16.3. The lowest BCUT2D eigenvalue weighted by Gasteiger charge is -2.17. The van der Waals surface area contributed by atoms with Gasteiger partial charge in [0, 0.05) is 29.0 Å². The summed E-state index contributed by atoms with van der Waals surface area (Å²) in [7, 11) is 0. The van der Waals surface area contributed by atoms with Crippen LogP contribution in [0.2, 0.25) is 0 Å². The molecule has 3 aromatic carbocycles. The molecule has 0 aliphatic carbocycles. The second-order valence-electron chi connectivity index (χ2n) is 10.3. The third-order valence-electron chi connectivity index (χ3n) is 7.07. The van der Waals surface area contributed by atoms with Crippen LogP contribution < -0.4 is 21.6 Å². The number of ketones is 1. The van der Waals surface area contributed by atoms with Gasteiger partial charge in [-0.05, 0) is 99.7 Å². The van der Waals surface area contributed by atoms with Crippen molar-refractivity contribution in [2.75, 3.05) is 36.8 Å². The molecule has 5 N–H and O–H groups in total. The van der Waals surface area contributed by atoms with E-state index in [0.29, 0.717) is 45.8 Å². The highest BCUT2D eigenvalue weighted by atomic mass is 16.2. The van der Waals surface area contributed by atoms with Gasteiger partial charge in [-0.25, -0.2) is 4.79 Å². The van der Waals surface area contributed by atoms with Gasteiger partial charge in [0.1, 0.15) is 0 Å². The fraction of sp³-hybridized carbons (Fsp3) is 0.281. The lowest BCUT2D eigenvalue weighted by atomic mass is 10.1. The summed E-state index contributed by atoms with van der Waals surface area (Å²) in [5.74, 6) is -1.73. The lowest BCUT2D eigenvalue weighted by molar-refractivity contribution is -0.126. The molecule has 0 radical (unpaired) electrons. The Morgan fingerprint density at radius 2 is 1.42 bits per heavy atom. The van der Waals surface area contributed by atoms with E-state index in [2.05, 4.69) is 54.9 Å². The number of carbonyl (C=O) groups is 4. The molecule has 0 saturated heterocycles. The van der Waals surface area contributed by atoms with Crippen LogP contribution in [0.5, 0.6) is 0 Å². The Kier molecular flexibility index (Phi) is 11.1. The van der Waals surface area contributed by atoms with E-state index in [1.807, 2.05) is 0 Å². The number of carbonyl (C=O) groups excluding carboxylic acids is 4. The number of H-pyrrole nitrogens is 2. The number of imidazole rings is 1. The number of anilines is 2. The maximum absolute atomic E-state index is 12.8. The minimum absolute atomic E-state index is 0.169. The number of benzene rings is 3. The van der Waals surface area contributed by atoms with Crippen molar-refractivity contribution in [3.63, 3.8) is 0 Å². The smallest absolute Gasteiger partial charge is 0.323 e. The average Bonchev–Trinajstić information content (AvgIpc) is 3.40. The van der Waals surface area contributed by atoms with Gasteiger partial charge in [0.05, 0.1) is 16.7 Å². The fourth-order valence-corrected chi connectivity index (χ4v) is 4.50. The topological polar surface area (TPSA) is 181 Å². The van der Waals surface area contributed by atoms with Crippen molar-refractivity contribution in [2.45, 2.75) is 33.2 Å². The molecule has 1 unspecified atom stereocenters. The van der Waals surface area contributed by atoms with Gasteiger partial charge < -0.3 is 30.8 Å². The molecule has 4 aromatic rings. The maximum atomic E-state index is 12.8. The van der Waals surface area contributed by atoms with Gasteiger partial charge in [-0.3, -0.25) is 19.2 Å². The quantitative estimate of drug-likeness (QED) is 0.0806. The predicted molar refractivity (Wildman–Crippen MR) is 172 cm³/mol. The van der Waals surface area contributed by atoms with Crippen LogP contribution in [0, 0.1) is 0 Å². The summed E-state index contributed by atoms with van der Waals surface area (Å²) in [6.07, 6.45) is 0.866. The fourth-order valence-electron chi connectivity index (χ4n) is 4.50. The summed E-state index contributed by atoms with van der Waals surface area (Å²) in [6, 6.07) is 16.2. The van der Waals surface area contributed by atoms with Crippen LogP contribution in [0.3, 0.4) is 0 Å². The van der Waals surface area contributed by atoms with Crippen LogP contribution in [0.15, 0.2) is 81.8 Å². The maximum Gasteiger partial charge on any atom is 0.323 e. The summed E-state index contributed by atoms with van der Waals surface area (Å²) in [6.45, 7) is 8.93. The molecule has 13 nitrogen and oxygen atoms in total. The number of fused-ring (bicyclic) bond motifs is 1. The van der Waals surface area contributed by atoms with Crippen molar-refractivity contribution < 1.29 is 19.2 Å². The van der Waals surface area contributed by atoms with Gasteiger partial charge in [-0.1, -0.05) is 13.8 Å². The van der Waals surface area contributed by atoms with Crippen molar-refractivity contribution in [3.8, 4) is 0 Å². The standard InChI is InChI=1S/C32H36N8O5/c1-4-40(5-2)18-6-17-33-29(42)21-7-11-23(12-8-21)34-30(43)22-9-13-24(14-10-22)38-39-28(20(3)41)31(44)35-25-15-16-26-27(19-25)37-32(45)36-26/h7-16,19,28H,4-6,17-18H2,1-3H3,(H,33,42)(H,34,43)(H,35,44)(H2,36,37,45). The second-order valence-corrected chi connectivity index (χ2v) is 10.3. The van der Waals surface area contributed by atoms with Crippen LogP contribution in [0.1, 0.15) is 47.9 Å². The molecule has 0 bridgehead atoms. The lowest BCUT2D eigenvalue weighted by Crippen LogP contribution is -2.31. The molecule has 1 heterocycles. The van der Waals surface area contributed by atoms with Gasteiger partial charge in [0.25, 0.3) is 17.7 Å². The van der Waals surface area contributed by atoms with Gasteiger partial charge in [0.15, 0.2) is 5.78 Å². The largest absolute Gasteiger partial charge is 0.352 e. The molecule has 0 saturated carbocycles. The van der Waals surface area contributed by atoms with Crippen LogP contribution in [-0.4, -0.2) is 70.6 Å². The van der Waals surface area contributed by atoms with Crippen LogP contribution >= 0.6 is 0 Å². The first-order valence-corrected chi connectivity index (χ1v) is 14.6. The average molecular weight is 613 g/mol. The van der Waals surface area contributed by atoms with Crippen LogP contribution in [-0.2, 0) is 9.59 Å². The number of hydrogen-bond acceptors (Lipinski definition) is 8. The van der Waals surface area contributed by atoms with E-state index in [1.54, 1.807) is 54.6 Å². The van der Waals surface area contributed by atoms with Crippen molar-refractivity contribution in [3.05, 3.63) is 88.3 Å². The Labute approximate surface area is 259 Å². The molecular formula is C32H36N8O5. The summed E-state index contributed by atoms with van der Waals surface area (Å²) in [5.41, 5.74) is 2.79. The van der Waals surface area contributed by atoms with Gasteiger partial charge >= 0.3 is 5.69 Å². The number of azo groups is 1. The van der Waals surface area contributed by atoms with Crippen LogP contribution in [0.4, 0.5) is 17.1 Å². The second kappa shape index (κ2) is 15.3. The molecule has 45 heavy (non-hydrogen) atoms. The third-order valence-corrected chi connectivity index (χ3v) is 7.07. The molecule has 13 heteroatoms. The number of nitrogens with zero attached hydrogens (tertiary/aromatic N) is 3. The van der Waals surface area contributed by atoms with E-state index >= 15 is 0 Å². The molecule has 234 valence electrons. The van der Waals surface area contributed by atoms with E-state index in [0.717, 1.165) is 26.1 Å². The molecular weight excluding hydrogens is 576 g/mol. The first-order valence-electron chi connectivity index (χ1n) is 14.6. The Morgan fingerprint density at radius 3 is 2.09 bits per heavy atom. The normalized spacial score (nSPS) is 11.9. The summed E-state index contributed by atoms with van der Waals surface area (Å²) < 4.78 is 0. The van der Waals surface area contributed by atoms with E-state index in [9.17, 15) is 24.0 Å². The minimum Gasteiger partial charge on any atom is -0.352 e. The molecule has 3 amide bonds. The molecule has 0 aliphatic heterocycles. The van der Waals surface area contributed by atoms with E-state index in [4.69, 9.17) is 0 Å². The zero-order chi connectivity index (χ0) is 32.3. The number of hydrogen-bond donors (Lipinski definition) is 5. The van der Waals surface area contributed by atoms with Crippen LogP contribution in [0.25, 0.3) is 11.0 Å². The Bertz CT molecular complexity index is 1740. The highest BCUT2D eigenvalue weighted by Gasteiger charge is 2.23. The van der Waals surface area contributed by atoms with Crippen molar-refractivity contribution in [1.29, 1.82) is 0 Å². The summed E-state index contributed by atoms with van der Waals surface area (Å²) in [4.78, 5) is 69.1. The van der Waals surface area contributed by atoms with Crippen molar-refractivity contribution in [1.82, 2.24) is 20.2 Å². The number of nitrogens with one attached hydrogen (secondary N) is 5. The minimum atomic E-state index is -1.40. The first kappa shape index (κ1) is 32.5. The summed E-state index contributed by atoms with van der Waals surface area (Å²) >= 11 is 0. The van der Waals surface area contributed by atoms with Gasteiger partial charge in [0.2, 0.25) is 6.04 Å². The number of rotatable bonds is 14. The van der Waals surface area contributed by atoms with E-state index in [1.165, 1.54) is 19.1 Å². The van der Waals surface area contributed by atoms with Crippen molar-refractivity contribution in [2.24, 2.45) is 10.2 Å². The van der Waals surface area contributed by atoms with E-state index < -0.39 is 17.7 Å². The molecule has 0 aliphatic rings. The Hall–Kier alpha value is -5.43. The predicted octanol–water partition coefficient (Wildman–Crippen LogP) is 4.25. The number of Topliss-reactive ketones (excluding diaryl/α,β-unsaturated/α-hetero) is 1. The zero-order valence-corrected chi connectivity index (χ0v) is 25.3. The Morgan fingerprint density at radius 1 is 0.800 bits per heavy atom. The van der Waals surface area contributed by atoms with Crippen molar-refractivity contribution >= 4 is 51.6 Å². The Balaban J connectivity index is 1.29. The monoisotopic (exact) mass is 612 g/mol. The third kappa shape index (κ3) is 9.03. The number of amides is 3. The SMILES string of the molecule is CCN(CC)CCCNC(=O)c1ccc(NC(=O)c2ccc(N=NC(C(C)=O)C(=O)Nc3ccc4[nH]c(=O)[nH]c4c3)cc2)cc1. The molecule has 1 aromatic heterocycles. The van der Waals surface area contributed by atoms with E-state index in [-0.39, 0.29) is 17.5 Å². The molecule has 0 fully saturated rings. The zero-order valence-electron chi connectivity index (χ0n) is 25.3.